The predicted octanol–water partition coefficient (Wildman–Crippen LogP) is 3.52. The number of hydrogen-bond donors (Lipinski definition) is 0. The number of halogens is 1. The zero-order valence-electron chi connectivity index (χ0n) is 18.8. The highest BCUT2D eigenvalue weighted by Crippen LogP contribution is 2.22. The molecule has 1 aliphatic rings. The molecule has 1 aliphatic heterocycles. The van der Waals surface area contributed by atoms with Gasteiger partial charge in [0.05, 0.1) is 23.6 Å². The Morgan fingerprint density at radius 1 is 0.912 bits per heavy atom. The van der Waals surface area contributed by atoms with Gasteiger partial charge in [-0.25, -0.2) is 14.4 Å². The van der Waals surface area contributed by atoms with E-state index in [1.165, 1.54) is 16.9 Å². The van der Waals surface area contributed by atoms with E-state index in [0.29, 0.717) is 36.8 Å². The van der Waals surface area contributed by atoms with Crippen molar-refractivity contribution < 1.29 is 9.18 Å². The summed E-state index contributed by atoms with van der Waals surface area (Å²) in [7, 11) is 0. The SMILES string of the molecule is Cc1ccc(-n2nccn2)c(C(=O)N2CCCN(c3ncc(-c4cccc(F)c4)cn3)CC2)c1. The van der Waals surface area contributed by atoms with Gasteiger partial charge in [0, 0.05) is 44.1 Å². The maximum atomic E-state index is 13.5. The third-order valence-corrected chi connectivity index (χ3v) is 5.88. The van der Waals surface area contributed by atoms with E-state index in [4.69, 9.17) is 0 Å². The van der Waals surface area contributed by atoms with Crippen molar-refractivity contribution in [1.29, 1.82) is 0 Å². The van der Waals surface area contributed by atoms with E-state index >= 15 is 0 Å². The molecule has 1 saturated heterocycles. The Labute approximate surface area is 196 Å². The molecule has 1 fully saturated rings. The first-order valence-corrected chi connectivity index (χ1v) is 11.2. The second-order valence-electron chi connectivity index (χ2n) is 8.25. The summed E-state index contributed by atoms with van der Waals surface area (Å²) in [5.41, 5.74) is 3.75. The van der Waals surface area contributed by atoms with Crippen molar-refractivity contribution in [2.75, 3.05) is 31.1 Å². The van der Waals surface area contributed by atoms with Crippen molar-refractivity contribution in [2.45, 2.75) is 13.3 Å². The van der Waals surface area contributed by atoms with Crippen molar-refractivity contribution in [1.82, 2.24) is 29.9 Å². The quantitative estimate of drug-likeness (QED) is 0.467. The summed E-state index contributed by atoms with van der Waals surface area (Å²) in [5, 5.41) is 8.40. The number of nitrogens with zero attached hydrogens (tertiary/aromatic N) is 7. The molecule has 0 unspecified atom stereocenters. The number of aromatic nitrogens is 5. The van der Waals surface area contributed by atoms with Gasteiger partial charge in [0.2, 0.25) is 5.95 Å². The Hall–Kier alpha value is -4.14. The number of benzene rings is 2. The lowest BCUT2D eigenvalue weighted by molar-refractivity contribution is 0.0766. The van der Waals surface area contributed by atoms with Crippen LogP contribution in [0, 0.1) is 12.7 Å². The van der Waals surface area contributed by atoms with E-state index in [0.717, 1.165) is 29.7 Å². The minimum atomic E-state index is -0.293. The molecule has 9 heteroatoms. The second kappa shape index (κ2) is 9.38. The van der Waals surface area contributed by atoms with Gasteiger partial charge < -0.3 is 9.80 Å². The minimum Gasteiger partial charge on any atom is -0.339 e. The van der Waals surface area contributed by atoms with E-state index in [-0.39, 0.29) is 11.7 Å². The average molecular weight is 458 g/mol. The molecule has 0 saturated carbocycles. The zero-order chi connectivity index (χ0) is 23.5. The molecule has 2 aromatic carbocycles. The van der Waals surface area contributed by atoms with Gasteiger partial charge in [-0.2, -0.15) is 15.0 Å². The fraction of sp³-hybridized carbons (Fsp3) is 0.240. The van der Waals surface area contributed by atoms with Gasteiger partial charge in [-0.3, -0.25) is 4.79 Å². The first-order chi connectivity index (χ1) is 16.6. The molecule has 0 aliphatic carbocycles. The Balaban J connectivity index is 1.31. The fourth-order valence-electron chi connectivity index (χ4n) is 4.13. The third kappa shape index (κ3) is 4.50. The molecular formula is C25H24FN7O. The van der Waals surface area contributed by atoms with Gasteiger partial charge in [0.1, 0.15) is 5.82 Å². The fourth-order valence-corrected chi connectivity index (χ4v) is 4.13. The van der Waals surface area contributed by atoms with Crippen LogP contribution >= 0.6 is 0 Å². The molecule has 172 valence electrons. The minimum absolute atomic E-state index is 0.0415. The van der Waals surface area contributed by atoms with Crippen LogP contribution in [-0.4, -0.2) is 61.9 Å². The molecule has 0 radical (unpaired) electrons. The first kappa shape index (κ1) is 21.7. The van der Waals surface area contributed by atoms with E-state index in [2.05, 4.69) is 25.1 Å². The van der Waals surface area contributed by atoms with Crippen LogP contribution in [0.15, 0.2) is 67.3 Å². The summed E-state index contributed by atoms with van der Waals surface area (Å²) in [4.78, 5) is 27.9. The van der Waals surface area contributed by atoms with E-state index < -0.39 is 0 Å². The van der Waals surface area contributed by atoms with Gasteiger partial charge in [0.15, 0.2) is 0 Å². The summed E-state index contributed by atoms with van der Waals surface area (Å²) in [6.45, 7) is 4.51. The molecule has 0 spiro atoms. The second-order valence-corrected chi connectivity index (χ2v) is 8.25. The van der Waals surface area contributed by atoms with Crippen LogP contribution in [0.5, 0.6) is 0 Å². The highest BCUT2D eigenvalue weighted by Gasteiger charge is 2.24. The largest absolute Gasteiger partial charge is 0.339 e. The summed E-state index contributed by atoms with van der Waals surface area (Å²) < 4.78 is 13.5. The van der Waals surface area contributed by atoms with Crippen LogP contribution in [-0.2, 0) is 0 Å². The number of carbonyl (C=O) groups excluding carboxylic acids is 1. The molecular weight excluding hydrogens is 433 g/mol. The average Bonchev–Trinajstić information content (AvgIpc) is 3.28. The Morgan fingerprint density at radius 2 is 1.71 bits per heavy atom. The number of carbonyl (C=O) groups is 1. The molecule has 5 rings (SSSR count). The van der Waals surface area contributed by atoms with Crippen molar-refractivity contribution in [3.63, 3.8) is 0 Å². The molecule has 34 heavy (non-hydrogen) atoms. The van der Waals surface area contributed by atoms with Gasteiger partial charge in [0.25, 0.3) is 5.91 Å². The Kier molecular flexibility index (Phi) is 5.99. The van der Waals surface area contributed by atoms with Gasteiger partial charge in [-0.1, -0.05) is 23.8 Å². The van der Waals surface area contributed by atoms with Gasteiger partial charge in [-0.05, 0) is 43.2 Å². The summed E-state index contributed by atoms with van der Waals surface area (Å²) >= 11 is 0. The zero-order valence-corrected chi connectivity index (χ0v) is 18.8. The summed E-state index contributed by atoms with van der Waals surface area (Å²) in [6, 6.07) is 12.1. The number of anilines is 1. The number of aryl methyl sites for hydroxylation is 1. The van der Waals surface area contributed by atoms with Crippen LogP contribution in [0.25, 0.3) is 16.8 Å². The molecule has 4 aromatic rings. The Morgan fingerprint density at radius 3 is 2.47 bits per heavy atom. The van der Waals surface area contributed by atoms with Crippen molar-refractivity contribution >= 4 is 11.9 Å². The molecule has 1 amide bonds. The topological polar surface area (TPSA) is 80.0 Å². The number of amides is 1. The smallest absolute Gasteiger partial charge is 0.256 e. The lowest BCUT2D eigenvalue weighted by Gasteiger charge is -2.23. The van der Waals surface area contributed by atoms with Crippen LogP contribution in [0.4, 0.5) is 10.3 Å². The van der Waals surface area contributed by atoms with Crippen molar-refractivity contribution in [3.8, 4) is 16.8 Å². The van der Waals surface area contributed by atoms with E-state index in [9.17, 15) is 9.18 Å². The first-order valence-electron chi connectivity index (χ1n) is 11.2. The van der Waals surface area contributed by atoms with E-state index in [1.54, 1.807) is 30.9 Å². The highest BCUT2D eigenvalue weighted by atomic mass is 19.1. The molecule has 2 aromatic heterocycles. The lowest BCUT2D eigenvalue weighted by atomic mass is 10.1. The molecule has 0 N–H and O–H groups in total. The van der Waals surface area contributed by atoms with Crippen molar-refractivity contribution in [3.05, 3.63) is 84.2 Å². The normalized spacial score (nSPS) is 14.2. The van der Waals surface area contributed by atoms with E-state index in [1.807, 2.05) is 36.1 Å². The molecule has 3 heterocycles. The standard InChI is InChI=1S/C25H24FN7O/c1-18-6-7-23(33-29-8-9-30-33)22(14-18)24(34)31-10-3-11-32(13-12-31)25-27-16-20(17-28-25)19-4-2-5-21(26)15-19/h2,4-9,14-17H,3,10-13H2,1H3. The van der Waals surface area contributed by atoms with Crippen LogP contribution in [0.2, 0.25) is 0 Å². The maximum absolute atomic E-state index is 13.5. The predicted molar refractivity (Wildman–Crippen MR) is 126 cm³/mol. The molecule has 0 bridgehead atoms. The maximum Gasteiger partial charge on any atom is 0.256 e. The molecule has 8 nitrogen and oxygen atoms in total. The van der Waals surface area contributed by atoms with Crippen LogP contribution in [0.3, 0.4) is 0 Å². The van der Waals surface area contributed by atoms with Crippen molar-refractivity contribution in [2.24, 2.45) is 0 Å². The summed E-state index contributed by atoms with van der Waals surface area (Å²) in [5.74, 6) is 0.269. The molecule has 0 atom stereocenters. The van der Waals surface area contributed by atoms with Gasteiger partial charge >= 0.3 is 0 Å². The highest BCUT2D eigenvalue weighted by molar-refractivity contribution is 5.98. The monoisotopic (exact) mass is 457 g/mol. The van der Waals surface area contributed by atoms with Gasteiger partial charge in [-0.15, -0.1) is 0 Å². The number of rotatable bonds is 4. The lowest BCUT2D eigenvalue weighted by Crippen LogP contribution is -2.36. The Bertz CT molecular complexity index is 1290. The summed E-state index contributed by atoms with van der Waals surface area (Å²) in [6.07, 6.45) is 7.40. The van der Waals surface area contributed by atoms with Crippen LogP contribution < -0.4 is 4.90 Å². The van der Waals surface area contributed by atoms with Crippen LogP contribution in [0.1, 0.15) is 22.3 Å². The number of hydrogen-bond acceptors (Lipinski definition) is 6. The third-order valence-electron chi connectivity index (χ3n) is 5.88.